The third-order valence-electron chi connectivity index (χ3n) is 1.47. The van der Waals surface area contributed by atoms with Gasteiger partial charge in [-0.25, -0.2) is 0 Å². The highest BCUT2D eigenvalue weighted by molar-refractivity contribution is 5.66. The van der Waals surface area contributed by atoms with Gasteiger partial charge in [0.1, 0.15) is 0 Å². The van der Waals surface area contributed by atoms with Crippen molar-refractivity contribution in [2.45, 2.75) is 33.1 Å². The molecule has 0 aromatic heterocycles. The van der Waals surface area contributed by atoms with Crippen molar-refractivity contribution in [1.82, 2.24) is 0 Å². The molecule has 0 radical (unpaired) electrons. The minimum atomic E-state index is -0.685. The minimum absolute atomic E-state index is 0.122. The van der Waals surface area contributed by atoms with Gasteiger partial charge in [-0.15, -0.1) is 0 Å². The van der Waals surface area contributed by atoms with Crippen molar-refractivity contribution in [3.63, 3.8) is 0 Å². The molecule has 0 bridgehead atoms. The number of aliphatic carboxylic acids is 1. The Morgan fingerprint density at radius 1 is 1.43 bits per heavy atom. The van der Waals surface area contributed by atoms with Gasteiger partial charge in [0.15, 0.2) is 0 Å². The number of hydrogen-bond acceptors (Lipinski definition) is 3. The molecule has 0 saturated heterocycles. The second-order valence-corrected chi connectivity index (χ2v) is 3.40. The van der Waals surface area contributed by atoms with Crippen LogP contribution in [0.3, 0.4) is 0 Å². The fourth-order valence-electron chi connectivity index (χ4n) is 0.753. The highest BCUT2D eigenvalue weighted by atomic mass is 16.5. The largest absolute Gasteiger partial charge is 0.481 e. The highest BCUT2D eigenvalue weighted by Gasteiger charge is 1.97. The first-order valence-electron chi connectivity index (χ1n) is 4.86. The van der Waals surface area contributed by atoms with E-state index in [1.807, 2.05) is 0 Å². The Morgan fingerprint density at radius 3 is 2.21 bits per heavy atom. The number of rotatable bonds is 6. The van der Waals surface area contributed by atoms with Crippen molar-refractivity contribution in [1.29, 1.82) is 0 Å². The van der Waals surface area contributed by atoms with Crippen LogP contribution in [0.5, 0.6) is 0 Å². The van der Waals surface area contributed by atoms with Crippen LogP contribution >= 0.6 is 0 Å². The summed E-state index contributed by atoms with van der Waals surface area (Å²) in [5.41, 5.74) is 0. The molecule has 86 valence electrons. The predicted molar refractivity (Wildman–Crippen MR) is 55.3 cm³/mol. The van der Waals surface area contributed by atoms with Crippen LogP contribution in [0.15, 0.2) is 0 Å². The number of carboxylic acid groups (broad SMARTS) is 1. The highest BCUT2D eigenvalue weighted by Crippen LogP contribution is 2.05. The van der Waals surface area contributed by atoms with Crippen LogP contribution in [0.25, 0.3) is 0 Å². The van der Waals surface area contributed by atoms with Crippen molar-refractivity contribution in [3.8, 4) is 0 Å². The molecule has 4 heteroatoms. The summed E-state index contributed by atoms with van der Waals surface area (Å²) in [5, 5.41) is 16.2. The fourth-order valence-corrected chi connectivity index (χ4v) is 0.753. The molecule has 0 aliphatic rings. The smallest absolute Gasteiger partial charge is 0.303 e. The number of hydrogen-bond donors (Lipinski definition) is 2. The van der Waals surface area contributed by atoms with Crippen LogP contribution in [0.4, 0.5) is 0 Å². The molecule has 0 heterocycles. The summed E-state index contributed by atoms with van der Waals surface area (Å²) in [6, 6.07) is 0. The SMILES string of the molecule is CC(C)CCCC(=O)O.COCCO. The lowest BCUT2D eigenvalue weighted by atomic mass is 10.1. The van der Waals surface area contributed by atoms with E-state index in [1.165, 1.54) is 0 Å². The summed E-state index contributed by atoms with van der Waals surface area (Å²) in [7, 11) is 1.55. The zero-order valence-electron chi connectivity index (χ0n) is 9.32. The van der Waals surface area contributed by atoms with Crippen molar-refractivity contribution in [3.05, 3.63) is 0 Å². The Morgan fingerprint density at radius 2 is 2.00 bits per heavy atom. The average molecular weight is 206 g/mol. The van der Waals surface area contributed by atoms with E-state index >= 15 is 0 Å². The van der Waals surface area contributed by atoms with Gasteiger partial charge in [0, 0.05) is 13.5 Å². The molecule has 14 heavy (non-hydrogen) atoms. The van der Waals surface area contributed by atoms with Gasteiger partial charge in [0.25, 0.3) is 0 Å². The summed E-state index contributed by atoms with van der Waals surface area (Å²) in [6.45, 7) is 4.76. The van der Waals surface area contributed by atoms with Crippen molar-refractivity contribution in [2.24, 2.45) is 5.92 Å². The molecule has 0 aliphatic carbocycles. The van der Waals surface area contributed by atoms with Gasteiger partial charge >= 0.3 is 5.97 Å². The Labute approximate surface area is 85.9 Å². The number of carboxylic acids is 1. The van der Waals surface area contributed by atoms with Crippen LogP contribution in [-0.2, 0) is 9.53 Å². The number of carbonyl (C=O) groups is 1. The van der Waals surface area contributed by atoms with E-state index < -0.39 is 5.97 Å². The Balaban J connectivity index is 0. The van der Waals surface area contributed by atoms with E-state index in [2.05, 4.69) is 18.6 Å². The predicted octanol–water partition coefficient (Wildman–Crippen LogP) is 1.52. The van der Waals surface area contributed by atoms with E-state index in [1.54, 1.807) is 7.11 Å². The monoisotopic (exact) mass is 206 g/mol. The number of aliphatic hydroxyl groups excluding tert-OH is 1. The zero-order chi connectivity index (χ0) is 11.4. The summed E-state index contributed by atoms with van der Waals surface area (Å²) in [5.74, 6) is -0.0556. The van der Waals surface area contributed by atoms with Crippen LogP contribution in [0.2, 0.25) is 0 Å². The summed E-state index contributed by atoms with van der Waals surface area (Å²) in [6.07, 6.45) is 2.15. The van der Waals surface area contributed by atoms with E-state index in [4.69, 9.17) is 10.2 Å². The van der Waals surface area contributed by atoms with Gasteiger partial charge in [0.05, 0.1) is 13.2 Å². The first-order valence-corrected chi connectivity index (χ1v) is 4.86. The van der Waals surface area contributed by atoms with E-state index in [0.29, 0.717) is 18.9 Å². The zero-order valence-corrected chi connectivity index (χ0v) is 9.32. The Hall–Kier alpha value is -0.610. The molecule has 0 amide bonds. The molecular weight excluding hydrogens is 184 g/mol. The first-order chi connectivity index (χ1) is 6.54. The molecule has 0 unspecified atom stereocenters. The molecule has 0 aromatic carbocycles. The Kier molecular flexibility index (Phi) is 14.0. The lowest BCUT2D eigenvalue weighted by molar-refractivity contribution is -0.137. The molecule has 0 aliphatic heterocycles. The molecule has 2 N–H and O–H groups in total. The lowest BCUT2D eigenvalue weighted by Crippen LogP contribution is -1.95. The van der Waals surface area contributed by atoms with Crippen molar-refractivity contribution in [2.75, 3.05) is 20.3 Å². The molecule has 0 atom stereocenters. The van der Waals surface area contributed by atoms with Crippen LogP contribution in [-0.4, -0.2) is 36.5 Å². The number of ether oxygens (including phenoxy) is 1. The third-order valence-corrected chi connectivity index (χ3v) is 1.47. The molecular formula is C10H22O4. The summed E-state index contributed by atoms with van der Waals surface area (Å²) < 4.78 is 4.44. The molecule has 0 aromatic rings. The molecule has 4 nitrogen and oxygen atoms in total. The van der Waals surface area contributed by atoms with Crippen molar-refractivity contribution < 1.29 is 19.7 Å². The van der Waals surface area contributed by atoms with E-state index in [0.717, 1.165) is 12.8 Å². The summed E-state index contributed by atoms with van der Waals surface area (Å²) >= 11 is 0. The van der Waals surface area contributed by atoms with Gasteiger partial charge < -0.3 is 14.9 Å². The molecule has 0 saturated carbocycles. The molecule has 0 fully saturated rings. The minimum Gasteiger partial charge on any atom is -0.481 e. The van der Waals surface area contributed by atoms with E-state index in [9.17, 15) is 4.79 Å². The van der Waals surface area contributed by atoms with Crippen LogP contribution in [0.1, 0.15) is 33.1 Å². The van der Waals surface area contributed by atoms with E-state index in [-0.39, 0.29) is 6.61 Å². The van der Waals surface area contributed by atoms with Gasteiger partial charge in [-0.3, -0.25) is 4.79 Å². The van der Waals surface area contributed by atoms with Crippen LogP contribution < -0.4 is 0 Å². The maximum absolute atomic E-state index is 9.98. The molecule has 0 spiro atoms. The third kappa shape index (κ3) is 22.5. The second kappa shape index (κ2) is 12.4. The first kappa shape index (κ1) is 15.8. The van der Waals surface area contributed by atoms with Crippen LogP contribution in [0, 0.1) is 5.92 Å². The fraction of sp³-hybridized carbons (Fsp3) is 0.900. The van der Waals surface area contributed by atoms with Gasteiger partial charge in [-0.1, -0.05) is 20.3 Å². The lowest BCUT2D eigenvalue weighted by Gasteiger charge is -1.99. The Bertz CT molecular complexity index is 121. The maximum atomic E-state index is 9.98. The number of aliphatic hydroxyl groups is 1. The molecule has 0 rings (SSSR count). The van der Waals surface area contributed by atoms with Gasteiger partial charge in [-0.2, -0.15) is 0 Å². The standard InChI is InChI=1S/C7H14O2.C3H8O2/c1-6(2)4-3-5-7(8)9;1-5-3-2-4/h6H,3-5H2,1-2H3,(H,8,9);4H,2-3H2,1H3. The topological polar surface area (TPSA) is 66.8 Å². The normalized spacial score (nSPS) is 9.50. The van der Waals surface area contributed by atoms with Crippen molar-refractivity contribution >= 4 is 5.97 Å². The van der Waals surface area contributed by atoms with Gasteiger partial charge in [0.2, 0.25) is 0 Å². The average Bonchev–Trinajstić information content (AvgIpc) is 2.05. The summed E-state index contributed by atoms with van der Waals surface area (Å²) in [4.78, 5) is 9.98. The van der Waals surface area contributed by atoms with Gasteiger partial charge in [-0.05, 0) is 12.3 Å². The quantitative estimate of drug-likeness (QED) is 0.691. The second-order valence-electron chi connectivity index (χ2n) is 3.40. The number of methoxy groups -OCH3 is 1. The maximum Gasteiger partial charge on any atom is 0.303 e.